The molecule has 20 heavy (non-hydrogen) atoms. The molecule has 1 aromatic carbocycles. The van der Waals surface area contributed by atoms with Gasteiger partial charge in [-0.05, 0) is 55.8 Å². The molecule has 112 valence electrons. The van der Waals surface area contributed by atoms with Crippen molar-refractivity contribution < 1.29 is 4.74 Å². The zero-order chi connectivity index (χ0) is 14.2. The molecule has 0 heterocycles. The number of hydrogen-bond donors (Lipinski definition) is 1. The van der Waals surface area contributed by atoms with E-state index in [4.69, 9.17) is 10.5 Å². The van der Waals surface area contributed by atoms with Gasteiger partial charge in [0.05, 0.1) is 6.61 Å². The third kappa shape index (κ3) is 5.51. The van der Waals surface area contributed by atoms with Crippen LogP contribution < -0.4 is 10.5 Å². The molecule has 1 aromatic rings. The third-order valence-corrected chi connectivity index (χ3v) is 3.77. The fraction of sp³-hybridized carbons (Fsp3) is 0.647. The van der Waals surface area contributed by atoms with Crippen LogP contribution in [0.25, 0.3) is 0 Å². The summed E-state index contributed by atoms with van der Waals surface area (Å²) >= 11 is 0. The van der Waals surface area contributed by atoms with Gasteiger partial charge in [-0.1, -0.05) is 19.1 Å². The Balaban J connectivity index is 1.65. The van der Waals surface area contributed by atoms with E-state index in [0.717, 1.165) is 36.8 Å². The van der Waals surface area contributed by atoms with Gasteiger partial charge in [-0.3, -0.25) is 0 Å². The molecule has 0 spiro atoms. The zero-order valence-electron chi connectivity index (χ0n) is 12.7. The first-order valence-electron chi connectivity index (χ1n) is 7.96. The van der Waals surface area contributed by atoms with Gasteiger partial charge in [-0.2, -0.15) is 0 Å². The Morgan fingerprint density at radius 1 is 1.30 bits per heavy atom. The summed E-state index contributed by atoms with van der Waals surface area (Å²) in [6.45, 7) is 7.28. The zero-order valence-corrected chi connectivity index (χ0v) is 12.7. The average Bonchev–Trinajstić information content (AvgIpc) is 3.28. The van der Waals surface area contributed by atoms with Crippen LogP contribution >= 0.6 is 0 Å². The van der Waals surface area contributed by atoms with Crippen molar-refractivity contribution in [2.24, 2.45) is 11.7 Å². The van der Waals surface area contributed by atoms with Crippen LogP contribution in [0.1, 0.15) is 38.2 Å². The van der Waals surface area contributed by atoms with Crippen LogP contribution in [0.4, 0.5) is 0 Å². The SMILES string of the molecule is CCCN(CCCOc1cccc(CN)c1)CC1CC1. The molecule has 0 saturated heterocycles. The Morgan fingerprint density at radius 2 is 2.15 bits per heavy atom. The Labute approximate surface area is 123 Å². The minimum atomic E-state index is 0.572. The first kappa shape index (κ1) is 15.3. The Hall–Kier alpha value is -1.06. The van der Waals surface area contributed by atoms with E-state index in [1.54, 1.807) is 0 Å². The van der Waals surface area contributed by atoms with Crippen molar-refractivity contribution in [1.29, 1.82) is 0 Å². The van der Waals surface area contributed by atoms with Crippen LogP contribution in [-0.2, 0) is 6.54 Å². The highest BCUT2D eigenvalue weighted by Crippen LogP contribution is 2.29. The van der Waals surface area contributed by atoms with Crippen LogP contribution in [-0.4, -0.2) is 31.1 Å². The maximum Gasteiger partial charge on any atom is 0.119 e. The minimum Gasteiger partial charge on any atom is -0.494 e. The van der Waals surface area contributed by atoms with Gasteiger partial charge in [0.25, 0.3) is 0 Å². The number of ether oxygens (including phenoxy) is 1. The number of rotatable bonds is 10. The van der Waals surface area contributed by atoms with Gasteiger partial charge >= 0.3 is 0 Å². The highest BCUT2D eigenvalue weighted by Gasteiger charge is 2.23. The van der Waals surface area contributed by atoms with E-state index in [-0.39, 0.29) is 0 Å². The third-order valence-electron chi connectivity index (χ3n) is 3.77. The second kappa shape index (κ2) is 8.28. The van der Waals surface area contributed by atoms with E-state index in [2.05, 4.69) is 11.8 Å². The van der Waals surface area contributed by atoms with Gasteiger partial charge in [-0.15, -0.1) is 0 Å². The molecule has 3 nitrogen and oxygen atoms in total. The van der Waals surface area contributed by atoms with E-state index < -0.39 is 0 Å². The maximum absolute atomic E-state index is 5.82. The smallest absolute Gasteiger partial charge is 0.119 e. The van der Waals surface area contributed by atoms with Gasteiger partial charge in [0.15, 0.2) is 0 Å². The van der Waals surface area contributed by atoms with E-state index in [1.165, 1.54) is 32.4 Å². The Kier molecular flexibility index (Phi) is 6.34. The number of benzene rings is 1. The van der Waals surface area contributed by atoms with E-state index in [1.807, 2.05) is 24.3 Å². The van der Waals surface area contributed by atoms with Crippen molar-refractivity contribution in [1.82, 2.24) is 4.90 Å². The fourth-order valence-electron chi connectivity index (χ4n) is 2.52. The van der Waals surface area contributed by atoms with Crippen LogP contribution in [0.5, 0.6) is 5.75 Å². The Bertz CT molecular complexity index is 390. The number of nitrogens with two attached hydrogens (primary N) is 1. The van der Waals surface area contributed by atoms with Gasteiger partial charge < -0.3 is 15.4 Å². The summed E-state index contributed by atoms with van der Waals surface area (Å²) in [6.07, 6.45) is 5.21. The van der Waals surface area contributed by atoms with Gasteiger partial charge in [0.1, 0.15) is 5.75 Å². The predicted octanol–water partition coefficient (Wildman–Crippen LogP) is 3.04. The van der Waals surface area contributed by atoms with E-state index in [0.29, 0.717) is 6.54 Å². The lowest BCUT2D eigenvalue weighted by Gasteiger charge is -2.21. The topological polar surface area (TPSA) is 38.5 Å². The average molecular weight is 276 g/mol. The second-order valence-electron chi connectivity index (χ2n) is 5.80. The first-order chi connectivity index (χ1) is 9.81. The summed E-state index contributed by atoms with van der Waals surface area (Å²) in [6, 6.07) is 8.08. The molecule has 1 aliphatic carbocycles. The monoisotopic (exact) mass is 276 g/mol. The largest absolute Gasteiger partial charge is 0.494 e. The molecule has 1 saturated carbocycles. The van der Waals surface area contributed by atoms with Crippen LogP contribution in [0.2, 0.25) is 0 Å². The lowest BCUT2D eigenvalue weighted by Crippen LogP contribution is -2.29. The number of nitrogens with zero attached hydrogens (tertiary/aromatic N) is 1. The second-order valence-corrected chi connectivity index (χ2v) is 5.80. The van der Waals surface area contributed by atoms with Crippen molar-refractivity contribution in [2.75, 3.05) is 26.2 Å². The summed E-state index contributed by atoms with van der Waals surface area (Å²) < 4.78 is 5.82. The standard InChI is InChI=1S/C17H28N2O/c1-2-9-19(14-15-7-8-15)10-4-11-20-17-6-3-5-16(12-17)13-18/h3,5-6,12,15H,2,4,7-11,13-14,18H2,1H3. The quantitative estimate of drug-likeness (QED) is 0.668. The molecular formula is C17H28N2O. The molecule has 3 heteroatoms. The Morgan fingerprint density at radius 3 is 2.85 bits per heavy atom. The molecule has 0 radical (unpaired) electrons. The molecule has 2 rings (SSSR count). The maximum atomic E-state index is 5.82. The van der Waals surface area contributed by atoms with Crippen LogP contribution in [0, 0.1) is 5.92 Å². The van der Waals surface area contributed by atoms with Crippen LogP contribution in [0.15, 0.2) is 24.3 Å². The molecule has 0 aliphatic heterocycles. The van der Waals surface area contributed by atoms with Gasteiger partial charge in [0, 0.05) is 19.6 Å². The van der Waals surface area contributed by atoms with E-state index in [9.17, 15) is 0 Å². The first-order valence-corrected chi connectivity index (χ1v) is 7.96. The minimum absolute atomic E-state index is 0.572. The molecule has 0 aromatic heterocycles. The lowest BCUT2D eigenvalue weighted by molar-refractivity contribution is 0.227. The molecule has 0 amide bonds. The highest BCUT2D eigenvalue weighted by atomic mass is 16.5. The number of hydrogen-bond acceptors (Lipinski definition) is 3. The van der Waals surface area contributed by atoms with Crippen molar-refractivity contribution >= 4 is 0 Å². The summed E-state index contributed by atoms with van der Waals surface area (Å²) in [5.74, 6) is 1.92. The molecule has 0 atom stereocenters. The van der Waals surface area contributed by atoms with Crippen molar-refractivity contribution in [3.8, 4) is 5.75 Å². The predicted molar refractivity (Wildman–Crippen MR) is 83.9 cm³/mol. The van der Waals surface area contributed by atoms with Crippen molar-refractivity contribution in [2.45, 2.75) is 39.2 Å². The van der Waals surface area contributed by atoms with Crippen molar-refractivity contribution in [3.05, 3.63) is 29.8 Å². The summed E-state index contributed by atoms with van der Waals surface area (Å²) in [5.41, 5.74) is 6.77. The molecule has 0 unspecified atom stereocenters. The molecular weight excluding hydrogens is 248 g/mol. The summed E-state index contributed by atoms with van der Waals surface area (Å²) in [4.78, 5) is 2.59. The van der Waals surface area contributed by atoms with Crippen LogP contribution in [0.3, 0.4) is 0 Å². The lowest BCUT2D eigenvalue weighted by atomic mass is 10.2. The van der Waals surface area contributed by atoms with E-state index >= 15 is 0 Å². The van der Waals surface area contributed by atoms with Crippen molar-refractivity contribution in [3.63, 3.8) is 0 Å². The van der Waals surface area contributed by atoms with Gasteiger partial charge in [0.2, 0.25) is 0 Å². The molecule has 0 bridgehead atoms. The molecule has 2 N–H and O–H groups in total. The van der Waals surface area contributed by atoms with Gasteiger partial charge in [-0.25, -0.2) is 0 Å². The fourth-order valence-corrected chi connectivity index (χ4v) is 2.52. The summed E-state index contributed by atoms with van der Waals surface area (Å²) in [5, 5.41) is 0. The molecule has 1 aliphatic rings. The summed E-state index contributed by atoms with van der Waals surface area (Å²) in [7, 11) is 0. The molecule has 1 fully saturated rings. The normalized spacial score (nSPS) is 14.8. The highest BCUT2D eigenvalue weighted by molar-refractivity contribution is 5.28.